The zero-order chi connectivity index (χ0) is 15.2. The van der Waals surface area contributed by atoms with Crippen molar-refractivity contribution >= 4 is 10.9 Å². The number of hydrogen-bond donors (Lipinski definition) is 1. The SMILES string of the molecule is CCC12C=CC(CC1)CN2CCc1c[nH]c2cc(F)ccc12. The molecular formula is C19H23FN2. The molecule has 2 aliphatic heterocycles. The van der Waals surface area contributed by atoms with Crippen LogP contribution >= 0.6 is 0 Å². The average Bonchev–Trinajstić information content (AvgIpc) is 2.96. The quantitative estimate of drug-likeness (QED) is 0.835. The van der Waals surface area contributed by atoms with Crippen LogP contribution in [0.25, 0.3) is 10.9 Å². The Bertz CT molecular complexity index is 717. The van der Waals surface area contributed by atoms with Crippen molar-refractivity contribution in [1.29, 1.82) is 0 Å². The number of hydrogen-bond acceptors (Lipinski definition) is 1. The Morgan fingerprint density at radius 3 is 3.09 bits per heavy atom. The van der Waals surface area contributed by atoms with Crippen molar-refractivity contribution in [3.8, 4) is 0 Å². The first kappa shape index (κ1) is 14.0. The third-order valence-corrected chi connectivity index (χ3v) is 5.70. The number of halogens is 1. The van der Waals surface area contributed by atoms with Crippen molar-refractivity contribution in [3.63, 3.8) is 0 Å². The van der Waals surface area contributed by atoms with Crippen LogP contribution in [-0.4, -0.2) is 28.5 Å². The van der Waals surface area contributed by atoms with Gasteiger partial charge in [-0.1, -0.05) is 19.1 Å². The fourth-order valence-corrected chi connectivity index (χ4v) is 4.26. The first-order valence-electron chi connectivity index (χ1n) is 8.40. The molecule has 0 saturated carbocycles. The van der Waals surface area contributed by atoms with Crippen molar-refractivity contribution < 1.29 is 4.39 Å². The van der Waals surface area contributed by atoms with Gasteiger partial charge in [0.25, 0.3) is 0 Å². The topological polar surface area (TPSA) is 19.0 Å². The van der Waals surface area contributed by atoms with E-state index >= 15 is 0 Å². The lowest BCUT2D eigenvalue weighted by Gasteiger charge is -2.51. The fraction of sp³-hybridized carbons (Fsp3) is 0.474. The Morgan fingerprint density at radius 2 is 2.32 bits per heavy atom. The second-order valence-electron chi connectivity index (χ2n) is 6.81. The van der Waals surface area contributed by atoms with Crippen LogP contribution in [0.15, 0.2) is 36.5 Å². The van der Waals surface area contributed by atoms with E-state index in [1.807, 2.05) is 12.3 Å². The van der Waals surface area contributed by atoms with Gasteiger partial charge in [-0.25, -0.2) is 4.39 Å². The molecule has 116 valence electrons. The molecule has 22 heavy (non-hydrogen) atoms. The van der Waals surface area contributed by atoms with Gasteiger partial charge >= 0.3 is 0 Å². The monoisotopic (exact) mass is 298 g/mol. The highest BCUT2D eigenvalue weighted by Crippen LogP contribution is 2.40. The van der Waals surface area contributed by atoms with Crippen molar-refractivity contribution in [1.82, 2.24) is 9.88 Å². The van der Waals surface area contributed by atoms with Gasteiger partial charge in [0, 0.05) is 35.7 Å². The van der Waals surface area contributed by atoms with Crippen LogP contribution < -0.4 is 0 Å². The minimum absolute atomic E-state index is 0.177. The Balaban J connectivity index is 1.53. The summed E-state index contributed by atoms with van der Waals surface area (Å²) in [7, 11) is 0. The maximum Gasteiger partial charge on any atom is 0.125 e. The van der Waals surface area contributed by atoms with E-state index in [1.165, 1.54) is 31.4 Å². The summed E-state index contributed by atoms with van der Waals surface area (Å²) < 4.78 is 13.3. The summed E-state index contributed by atoms with van der Waals surface area (Å²) in [5.41, 5.74) is 2.49. The van der Waals surface area contributed by atoms with Gasteiger partial charge in [0.15, 0.2) is 0 Å². The van der Waals surface area contributed by atoms with E-state index in [0.717, 1.165) is 29.8 Å². The molecule has 5 rings (SSSR count). The molecule has 3 heterocycles. The van der Waals surface area contributed by atoms with Crippen molar-refractivity contribution in [3.05, 3.63) is 47.9 Å². The van der Waals surface area contributed by atoms with E-state index in [9.17, 15) is 4.39 Å². The molecule has 3 heteroatoms. The van der Waals surface area contributed by atoms with E-state index in [0.29, 0.717) is 0 Å². The summed E-state index contributed by atoms with van der Waals surface area (Å²) in [5, 5.41) is 1.16. The summed E-state index contributed by atoms with van der Waals surface area (Å²) in [6.45, 7) is 4.58. The lowest BCUT2D eigenvalue weighted by Crippen LogP contribution is -2.55. The van der Waals surface area contributed by atoms with Crippen LogP contribution in [0.2, 0.25) is 0 Å². The zero-order valence-electron chi connectivity index (χ0n) is 13.1. The molecule has 1 N–H and O–H groups in total. The largest absolute Gasteiger partial charge is 0.361 e. The summed E-state index contributed by atoms with van der Waals surface area (Å²) in [6.07, 6.45) is 11.8. The van der Waals surface area contributed by atoms with Crippen LogP contribution in [0, 0.1) is 11.7 Å². The molecule has 1 aromatic heterocycles. The van der Waals surface area contributed by atoms with E-state index in [1.54, 1.807) is 12.1 Å². The predicted octanol–water partition coefficient (Wildman–Crippen LogP) is 4.28. The smallest absolute Gasteiger partial charge is 0.125 e. The number of piperidine rings is 1. The molecule has 2 atom stereocenters. The molecule has 0 amide bonds. The third-order valence-electron chi connectivity index (χ3n) is 5.70. The first-order chi connectivity index (χ1) is 10.7. The van der Waals surface area contributed by atoms with E-state index in [4.69, 9.17) is 0 Å². The van der Waals surface area contributed by atoms with Crippen molar-refractivity contribution in [2.75, 3.05) is 13.1 Å². The molecular weight excluding hydrogens is 275 g/mol. The van der Waals surface area contributed by atoms with Gasteiger partial charge in [-0.05, 0) is 55.4 Å². The van der Waals surface area contributed by atoms with E-state index < -0.39 is 0 Å². The molecule has 2 unspecified atom stereocenters. The highest BCUT2D eigenvalue weighted by atomic mass is 19.1. The number of benzene rings is 1. The zero-order valence-corrected chi connectivity index (χ0v) is 13.1. The second kappa shape index (κ2) is 5.24. The number of fused-ring (bicyclic) bond motifs is 3. The summed E-state index contributed by atoms with van der Waals surface area (Å²) in [4.78, 5) is 5.87. The Hall–Kier alpha value is -1.61. The number of nitrogens with one attached hydrogen (secondary N) is 1. The normalized spacial score (nSPS) is 27.8. The molecule has 0 spiro atoms. The van der Waals surface area contributed by atoms with Crippen LogP contribution in [0.3, 0.4) is 0 Å². The van der Waals surface area contributed by atoms with Gasteiger partial charge in [0.05, 0.1) is 0 Å². The molecule has 1 saturated heterocycles. The molecule has 2 nitrogen and oxygen atoms in total. The molecule has 0 radical (unpaired) electrons. The van der Waals surface area contributed by atoms with Gasteiger partial charge in [-0.3, -0.25) is 4.90 Å². The van der Waals surface area contributed by atoms with Crippen LogP contribution in [0.4, 0.5) is 4.39 Å². The molecule has 1 fully saturated rings. The third kappa shape index (κ3) is 2.19. The molecule has 2 aromatic rings. The van der Waals surface area contributed by atoms with Gasteiger partial charge in [0.1, 0.15) is 5.82 Å². The molecule has 3 aliphatic rings. The highest BCUT2D eigenvalue weighted by molar-refractivity contribution is 5.83. The maximum atomic E-state index is 13.3. The Labute approximate surface area is 131 Å². The minimum atomic E-state index is -0.177. The van der Waals surface area contributed by atoms with E-state index in [2.05, 4.69) is 29.0 Å². The average molecular weight is 298 g/mol. The van der Waals surface area contributed by atoms with Crippen LogP contribution in [0.1, 0.15) is 31.7 Å². The van der Waals surface area contributed by atoms with Gasteiger partial charge in [-0.15, -0.1) is 0 Å². The standard InChI is InChI=1S/C19H23FN2/c1-2-19-8-5-14(6-9-19)13-22(19)10-7-15-12-21-18-11-16(20)3-4-17(15)18/h3-5,8,11-12,14,21H,2,6-7,9-10,13H2,1H3. The summed E-state index contributed by atoms with van der Waals surface area (Å²) in [5.74, 6) is 0.565. The predicted molar refractivity (Wildman–Crippen MR) is 88.4 cm³/mol. The van der Waals surface area contributed by atoms with Gasteiger partial charge in [0.2, 0.25) is 0 Å². The number of aromatic amines is 1. The number of nitrogens with zero attached hydrogens (tertiary/aromatic N) is 1. The first-order valence-corrected chi connectivity index (χ1v) is 8.40. The van der Waals surface area contributed by atoms with Crippen LogP contribution in [0.5, 0.6) is 0 Å². The Kier molecular flexibility index (Phi) is 3.33. The molecule has 1 aliphatic carbocycles. The van der Waals surface area contributed by atoms with Gasteiger partial charge < -0.3 is 4.98 Å². The second-order valence-corrected chi connectivity index (χ2v) is 6.81. The number of rotatable bonds is 4. The van der Waals surface area contributed by atoms with Crippen LogP contribution in [-0.2, 0) is 6.42 Å². The Morgan fingerprint density at radius 1 is 1.41 bits per heavy atom. The van der Waals surface area contributed by atoms with Crippen molar-refractivity contribution in [2.24, 2.45) is 5.92 Å². The lowest BCUT2D eigenvalue weighted by atomic mass is 9.74. The minimum Gasteiger partial charge on any atom is -0.361 e. The molecule has 1 aromatic carbocycles. The fourth-order valence-electron chi connectivity index (χ4n) is 4.26. The van der Waals surface area contributed by atoms with Crippen molar-refractivity contribution in [2.45, 2.75) is 38.1 Å². The number of H-pyrrole nitrogens is 1. The summed E-state index contributed by atoms with van der Waals surface area (Å²) in [6, 6.07) is 5.03. The number of aromatic nitrogens is 1. The highest BCUT2D eigenvalue weighted by Gasteiger charge is 2.40. The lowest BCUT2D eigenvalue weighted by molar-refractivity contribution is 0.0494. The van der Waals surface area contributed by atoms with Gasteiger partial charge in [-0.2, -0.15) is 0 Å². The summed E-state index contributed by atoms with van der Waals surface area (Å²) >= 11 is 0. The maximum absolute atomic E-state index is 13.3. The van der Waals surface area contributed by atoms with E-state index in [-0.39, 0.29) is 11.4 Å². The molecule has 2 bridgehead atoms.